The number of carbonyl (C=O) groups excluding carboxylic acids is 2. The zero-order valence-electron chi connectivity index (χ0n) is 31.3. The lowest BCUT2D eigenvalue weighted by molar-refractivity contribution is -0.144. The van der Waals surface area contributed by atoms with E-state index in [1.807, 2.05) is 30.9 Å². The van der Waals surface area contributed by atoms with Crippen LogP contribution in [-0.2, 0) is 26.9 Å². The monoisotopic (exact) mass is 731 g/mol. The molecule has 1 amide bonds. The number of pyridine rings is 1. The van der Waals surface area contributed by atoms with Gasteiger partial charge in [0, 0.05) is 23.4 Å². The quantitative estimate of drug-likeness (QED) is 0.125. The van der Waals surface area contributed by atoms with E-state index in [4.69, 9.17) is 4.74 Å². The minimum absolute atomic E-state index is 0.0101. The van der Waals surface area contributed by atoms with Crippen LogP contribution in [0.25, 0.3) is 11.1 Å². The summed E-state index contributed by atoms with van der Waals surface area (Å²) in [6, 6.07) is 2.97. The maximum absolute atomic E-state index is 16.8. The molecule has 1 N–H and O–H groups in total. The topological polar surface area (TPSA) is 80.6 Å². The molecule has 0 bridgehead atoms. The van der Waals surface area contributed by atoms with Crippen LogP contribution < -0.4 is 10.9 Å². The maximum atomic E-state index is 16.8. The Morgan fingerprint density at radius 3 is 2.17 bits per heavy atom. The molecule has 2 aromatic carbocycles. The number of halogens is 5. The number of ether oxygens (including phenoxy) is 1. The fourth-order valence-corrected chi connectivity index (χ4v) is 6.92. The van der Waals surface area contributed by atoms with Crippen molar-refractivity contribution in [1.82, 2.24) is 14.8 Å². The molecule has 284 valence electrons. The molecule has 1 aromatic heterocycles. The maximum Gasteiger partial charge on any atom is 0.416 e. The molecule has 1 fully saturated rings. The van der Waals surface area contributed by atoms with Gasteiger partial charge in [-0.2, -0.15) is 13.2 Å². The number of aryl methyl sites for hydroxylation is 4. The van der Waals surface area contributed by atoms with Crippen molar-refractivity contribution in [2.45, 2.75) is 104 Å². The van der Waals surface area contributed by atoms with Crippen molar-refractivity contribution >= 4 is 11.9 Å². The Hall–Kier alpha value is -4.06. The molecule has 2 atom stereocenters. The van der Waals surface area contributed by atoms with Crippen molar-refractivity contribution in [1.29, 1.82) is 0 Å². The number of alkyl halides is 3. The van der Waals surface area contributed by atoms with Crippen LogP contribution in [0, 0.1) is 38.3 Å². The van der Waals surface area contributed by atoms with E-state index in [0.717, 1.165) is 40.3 Å². The molecule has 1 heterocycles. The first kappa shape index (κ1) is 40.7. The predicted molar refractivity (Wildman–Crippen MR) is 191 cm³/mol. The summed E-state index contributed by atoms with van der Waals surface area (Å²) in [6.07, 6.45) is -1.87. The van der Waals surface area contributed by atoms with Crippen LogP contribution in [-0.4, -0.2) is 48.6 Å². The van der Waals surface area contributed by atoms with Crippen LogP contribution in [0.5, 0.6) is 0 Å². The molecule has 12 heteroatoms. The number of aromatic nitrogens is 1. The van der Waals surface area contributed by atoms with Crippen molar-refractivity contribution in [3.05, 3.63) is 91.4 Å². The molecular weight excluding hydrogens is 681 g/mol. The average Bonchev–Trinajstić information content (AvgIpc) is 3.88. The Bertz CT molecular complexity index is 1820. The van der Waals surface area contributed by atoms with E-state index < -0.39 is 64.9 Å². The van der Waals surface area contributed by atoms with Crippen LogP contribution >= 0.6 is 0 Å². The number of rotatable bonds is 15. The van der Waals surface area contributed by atoms with Gasteiger partial charge in [-0.3, -0.25) is 14.4 Å². The van der Waals surface area contributed by atoms with E-state index in [1.54, 1.807) is 34.9 Å². The first-order valence-electron chi connectivity index (χ1n) is 17.9. The van der Waals surface area contributed by atoms with Gasteiger partial charge in [0.2, 0.25) is 5.91 Å². The number of esters is 1. The van der Waals surface area contributed by atoms with Gasteiger partial charge in [-0.15, -0.1) is 0 Å². The third-order valence-electron chi connectivity index (χ3n) is 9.48. The first-order valence-corrected chi connectivity index (χ1v) is 17.9. The minimum Gasteiger partial charge on any atom is -0.466 e. The summed E-state index contributed by atoms with van der Waals surface area (Å²) in [4.78, 5) is 42.3. The zero-order valence-corrected chi connectivity index (χ0v) is 31.3. The highest BCUT2D eigenvalue weighted by molar-refractivity contribution is 5.82. The van der Waals surface area contributed by atoms with Gasteiger partial charge in [-0.25, -0.2) is 8.78 Å². The van der Waals surface area contributed by atoms with E-state index in [1.165, 1.54) is 13.0 Å². The lowest BCUT2D eigenvalue weighted by atomic mass is 9.88. The van der Waals surface area contributed by atoms with Gasteiger partial charge < -0.3 is 19.5 Å². The highest BCUT2D eigenvalue weighted by Gasteiger charge is 2.37. The second kappa shape index (κ2) is 16.7. The summed E-state index contributed by atoms with van der Waals surface area (Å²) in [6.45, 7) is 10.8. The molecule has 0 spiro atoms. The normalized spacial score (nSPS) is 14.5. The lowest BCUT2D eigenvalue weighted by Gasteiger charge is -2.27. The van der Waals surface area contributed by atoms with Crippen molar-refractivity contribution in [2.75, 3.05) is 27.2 Å². The lowest BCUT2D eigenvalue weighted by Crippen LogP contribution is -2.41. The van der Waals surface area contributed by atoms with Crippen LogP contribution in [0.2, 0.25) is 0 Å². The first-order chi connectivity index (χ1) is 24.3. The van der Waals surface area contributed by atoms with E-state index in [-0.39, 0.29) is 42.1 Å². The van der Waals surface area contributed by atoms with Crippen molar-refractivity contribution < 1.29 is 36.3 Å². The minimum atomic E-state index is -4.81. The van der Waals surface area contributed by atoms with Crippen LogP contribution in [0.3, 0.4) is 0 Å². The summed E-state index contributed by atoms with van der Waals surface area (Å²) < 4.78 is 81.3. The Morgan fingerprint density at radius 2 is 1.63 bits per heavy atom. The van der Waals surface area contributed by atoms with Gasteiger partial charge in [0.15, 0.2) is 0 Å². The summed E-state index contributed by atoms with van der Waals surface area (Å²) in [5.74, 6) is -3.40. The molecule has 4 rings (SSSR count). The second-order valence-corrected chi connectivity index (χ2v) is 14.7. The number of hydrogen-bond donors (Lipinski definition) is 1. The van der Waals surface area contributed by atoms with E-state index in [0.29, 0.717) is 30.5 Å². The van der Waals surface area contributed by atoms with Gasteiger partial charge in [-0.1, -0.05) is 26.0 Å². The SMILES string of the molecule is CCOC(=O)C[C@H](NC(=O)C(CC(C)C)n1cc(CCCN(C)C)c(C(F)(F)F)cc1=O)c1c(F)c(C)cc(-c2c(C)cc(C3CC3)cc2C)c1F. The van der Waals surface area contributed by atoms with Crippen LogP contribution in [0.15, 0.2) is 35.3 Å². The van der Waals surface area contributed by atoms with Gasteiger partial charge in [0.1, 0.15) is 17.7 Å². The largest absolute Gasteiger partial charge is 0.466 e. The third kappa shape index (κ3) is 9.67. The van der Waals surface area contributed by atoms with Crippen LogP contribution in [0.4, 0.5) is 22.0 Å². The molecule has 1 unspecified atom stereocenters. The Labute approximate surface area is 302 Å². The number of benzene rings is 2. The predicted octanol–water partition coefficient (Wildman–Crippen LogP) is 8.51. The molecule has 7 nitrogen and oxygen atoms in total. The van der Waals surface area contributed by atoms with E-state index in [9.17, 15) is 27.6 Å². The van der Waals surface area contributed by atoms with Gasteiger partial charge in [0.05, 0.1) is 24.6 Å². The molecule has 1 saturated carbocycles. The summed E-state index contributed by atoms with van der Waals surface area (Å²) in [7, 11) is 3.58. The molecule has 0 radical (unpaired) electrons. The van der Waals surface area contributed by atoms with Crippen molar-refractivity contribution in [2.24, 2.45) is 5.92 Å². The Morgan fingerprint density at radius 1 is 1.00 bits per heavy atom. The number of carbonyl (C=O) groups is 2. The highest BCUT2D eigenvalue weighted by Crippen LogP contribution is 2.44. The van der Waals surface area contributed by atoms with E-state index >= 15 is 8.78 Å². The Balaban J connectivity index is 1.84. The van der Waals surface area contributed by atoms with Crippen LogP contribution in [0.1, 0.15) is 110 Å². The fourth-order valence-electron chi connectivity index (χ4n) is 6.92. The summed E-state index contributed by atoms with van der Waals surface area (Å²) in [5, 5.41) is 2.62. The zero-order chi connectivity index (χ0) is 38.7. The average molecular weight is 732 g/mol. The molecule has 1 aliphatic rings. The molecule has 3 aromatic rings. The number of nitrogens with zero attached hydrogens (tertiary/aromatic N) is 2. The van der Waals surface area contributed by atoms with Crippen molar-refractivity contribution in [3.63, 3.8) is 0 Å². The highest BCUT2D eigenvalue weighted by atomic mass is 19.4. The van der Waals surface area contributed by atoms with E-state index in [2.05, 4.69) is 5.32 Å². The van der Waals surface area contributed by atoms with Gasteiger partial charge in [0.25, 0.3) is 5.56 Å². The molecule has 0 saturated heterocycles. The van der Waals surface area contributed by atoms with Crippen molar-refractivity contribution in [3.8, 4) is 11.1 Å². The van der Waals surface area contributed by atoms with Gasteiger partial charge in [-0.05, 0) is 132 Å². The number of nitrogens with one attached hydrogen (secondary N) is 1. The molecule has 1 aliphatic carbocycles. The Kier molecular flexibility index (Phi) is 13.1. The fraction of sp³-hybridized carbons (Fsp3) is 0.525. The molecular formula is C40H50F5N3O4. The smallest absolute Gasteiger partial charge is 0.416 e. The molecule has 52 heavy (non-hydrogen) atoms. The number of amides is 1. The summed E-state index contributed by atoms with van der Waals surface area (Å²) in [5.41, 5.74) is 0.670. The third-order valence-corrected chi connectivity index (χ3v) is 9.48. The molecule has 0 aliphatic heterocycles. The second-order valence-electron chi connectivity index (χ2n) is 14.7. The standard InChI is InChI=1S/C40H50F5N3O4/c1-9-52-34(50)20-31(36-37(41)25(6)18-29(38(36)42)35-23(4)16-28(17-24(35)5)26-12-13-26)46-39(51)32(15-22(2)3)48-21-27(11-10-14-47(7)8)30(19-33(48)49)40(43,44)45/h16-19,21-22,26,31-32H,9-15,20H2,1-8H3,(H,46,51)/t31-,32?/m0/s1. The summed E-state index contributed by atoms with van der Waals surface area (Å²) >= 11 is 0. The number of hydrogen-bond acceptors (Lipinski definition) is 5. The van der Waals surface area contributed by atoms with Gasteiger partial charge >= 0.3 is 12.1 Å².